The Bertz CT molecular complexity index is 885. The Labute approximate surface area is 146 Å². The maximum atomic E-state index is 10.1. The van der Waals surface area contributed by atoms with Crippen LogP contribution in [0.2, 0.25) is 0 Å². The van der Waals surface area contributed by atoms with Crippen LogP contribution < -0.4 is 15.9 Å². The fourth-order valence-corrected chi connectivity index (χ4v) is 2.86. The van der Waals surface area contributed by atoms with Gasteiger partial charge in [-0.25, -0.2) is 0 Å². The van der Waals surface area contributed by atoms with Crippen molar-refractivity contribution in [3.8, 4) is 5.88 Å². The first-order chi connectivity index (χ1) is 12.0. The van der Waals surface area contributed by atoms with E-state index < -0.39 is 0 Å². The molecule has 1 aromatic carbocycles. The van der Waals surface area contributed by atoms with Crippen LogP contribution in [-0.4, -0.2) is 41.0 Å². The molecular weight excluding hydrogens is 318 g/mol. The van der Waals surface area contributed by atoms with Crippen LogP contribution in [0.5, 0.6) is 5.88 Å². The van der Waals surface area contributed by atoms with Gasteiger partial charge in [-0.3, -0.25) is 0 Å². The molecule has 0 saturated heterocycles. The van der Waals surface area contributed by atoms with Crippen molar-refractivity contribution >= 4 is 18.2 Å². The van der Waals surface area contributed by atoms with Gasteiger partial charge in [0.05, 0.1) is 24.2 Å². The average Bonchev–Trinajstić information content (AvgIpc) is 3.13. The third kappa shape index (κ3) is 4.24. The number of methoxy groups -OCH3 is 1. The van der Waals surface area contributed by atoms with E-state index in [1.165, 1.54) is 0 Å². The highest BCUT2D eigenvalue weighted by atomic mass is 16.5. The van der Waals surface area contributed by atoms with E-state index in [0.717, 1.165) is 22.6 Å². The van der Waals surface area contributed by atoms with Crippen LogP contribution in [0.15, 0.2) is 28.4 Å². The molecule has 3 rings (SSSR count). The average molecular weight is 341 g/mol. The highest BCUT2D eigenvalue weighted by Gasteiger charge is 2.14. The normalized spacial score (nSPS) is 14.6. The monoisotopic (exact) mass is 341 g/mol. The molecule has 0 bridgehead atoms. The standard InChI is InChI=1S/C18H23N5O2/c1-11(2)6-14(10-25-3)20-18-21-16(17(24)22-18)8-12-4-5-15-13(7-12)9-19-23-15/h4-5,7-9,11,14,24H,6,10H2,1-3H3,(H2,20,21,22). The number of nitrogens with zero attached hydrogens (tertiary/aromatic N) is 3. The van der Waals surface area contributed by atoms with Crippen LogP contribution in [0.3, 0.4) is 0 Å². The van der Waals surface area contributed by atoms with Crippen molar-refractivity contribution in [2.24, 2.45) is 16.1 Å². The highest BCUT2D eigenvalue weighted by Crippen LogP contribution is 2.19. The third-order valence-electron chi connectivity index (χ3n) is 3.90. The molecule has 25 heavy (non-hydrogen) atoms. The lowest BCUT2D eigenvalue weighted by Gasteiger charge is -2.19. The van der Waals surface area contributed by atoms with E-state index in [4.69, 9.17) is 4.74 Å². The molecule has 2 aromatic rings. The van der Waals surface area contributed by atoms with E-state index in [-0.39, 0.29) is 11.9 Å². The molecule has 0 saturated carbocycles. The van der Waals surface area contributed by atoms with Crippen molar-refractivity contribution in [2.45, 2.75) is 26.3 Å². The van der Waals surface area contributed by atoms with Crippen molar-refractivity contribution in [3.63, 3.8) is 0 Å². The molecule has 2 heterocycles. The summed E-state index contributed by atoms with van der Waals surface area (Å²) in [6.07, 6.45) is 4.50. The van der Waals surface area contributed by atoms with Gasteiger partial charge in [-0.05, 0) is 35.8 Å². The second-order valence-corrected chi connectivity index (χ2v) is 6.56. The Morgan fingerprint density at radius 1 is 1.36 bits per heavy atom. The lowest BCUT2D eigenvalue weighted by Crippen LogP contribution is -2.27. The zero-order chi connectivity index (χ0) is 17.8. The Morgan fingerprint density at radius 2 is 2.20 bits per heavy atom. The number of aromatic amines is 1. The lowest BCUT2D eigenvalue weighted by molar-refractivity contribution is 0.178. The topological polar surface area (TPSA) is 94.9 Å². The highest BCUT2D eigenvalue weighted by molar-refractivity contribution is 5.80. The van der Waals surface area contributed by atoms with Gasteiger partial charge in [-0.2, -0.15) is 15.2 Å². The van der Waals surface area contributed by atoms with Crippen LogP contribution in [0, 0.1) is 5.92 Å². The summed E-state index contributed by atoms with van der Waals surface area (Å²) in [5.41, 5.74) is 1.51. The summed E-state index contributed by atoms with van der Waals surface area (Å²) in [5, 5.41) is 23.1. The van der Waals surface area contributed by atoms with E-state index in [0.29, 0.717) is 24.2 Å². The second kappa shape index (κ2) is 7.48. The predicted molar refractivity (Wildman–Crippen MR) is 97.4 cm³/mol. The van der Waals surface area contributed by atoms with E-state index in [1.54, 1.807) is 13.3 Å². The van der Waals surface area contributed by atoms with Crippen molar-refractivity contribution < 1.29 is 9.84 Å². The number of anilines is 1. The molecule has 0 radical (unpaired) electrons. The fraction of sp³-hybridized carbons (Fsp3) is 0.389. The van der Waals surface area contributed by atoms with Crippen LogP contribution in [0.4, 0.5) is 5.95 Å². The zero-order valence-corrected chi connectivity index (χ0v) is 14.7. The first-order valence-electron chi connectivity index (χ1n) is 8.32. The summed E-state index contributed by atoms with van der Waals surface area (Å²) in [4.78, 5) is 7.29. The molecule has 1 unspecified atom stereocenters. The number of nitrogens with one attached hydrogen (secondary N) is 2. The van der Waals surface area contributed by atoms with Gasteiger partial charge in [0.15, 0.2) is 0 Å². The number of H-pyrrole nitrogens is 1. The van der Waals surface area contributed by atoms with Crippen molar-refractivity contribution in [1.29, 1.82) is 0 Å². The summed E-state index contributed by atoms with van der Waals surface area (Å²) in [7, 11) is 1.68. The molecule has 1 aliphatic heterocycles. The predicted octanol–water partition coefficient (Wildman–Crippen LogP) is 1.38. The number of hydrogen-bond donors (Lipinski definition) is 3. The number of aromatic hydroxyl groups is 1. The number of hydrogen-bond acceptors (Lipinski definition) is 6. The maximum Gasteiger partial charge on any atom is 0.238 e. The van der Waals surface area contributed by atoms with Gasteiger partial charge in [0, 0.05) is 12.7 Å². The zero-order valence-electron chi connectivity index (χ0n) is 14.7. The van der Waals surface area contributed by atoms with Gasteiger partial charge in [0.2, 0.25) is 11.8 Å². The van der Waals surface area contributed by atoms with Crippen LogP contribution >= 0.6 is 0 Å². The minimum absolute atomic E-state index is 0.0398. The minimum atomic E-state index is -0.0398. The van der Waals surface area contributed by atoms with Crippen molar-refractivity contribution in [2.75, 3.05) is 19.0 Å². The minimum Gasteiger partial charge on any atom is -0.492 e. The van der Waals surface area contributed by atoms with Crippen LogP contribution in [0.1, 0.15) is 31.5 Å². The largest absolute Gasteiger partial charge is 0.492 e. The number of rotatable bonds is 7. The quantitative estimate of drug-likeness (QED) is 0.709. The summed E-state index contributed by atoms with van der Waals surface area (Å²) >= 11 is 0. The van der Waals surface area contributed by atoms with Crippen molar-refractivity contribution in [1.82, 2.24) is 9.97 Å². The van der Waals surface area contributed by atoms with Crippen LogP contribution in [0.25, 0.3) is 6.08 Å². The van der Waals surface area contributed by atoms with Gasteiger partial charge >= 0.3 is 0 Å². The number of imidazole rings is 1. The fourth-order valence-electron chi connectivity index (χ4n) is 2.86. The van der Waals surface area contributed by atoms with E-state index in [9.17, 15) is 5.11 Å². The molecule has 1 aliphatic rings. The smallest absolute Gasteiger partial charge is 0.238 e. The molecule has 1 atom stereocenters. The summed E-state index contributed by atoms with van der Waals surface area (Å²) in [6.45, 7) is 4.89. The maximum absolute atomic E-state index is 10.1. The second-order valence-electron chi connectivity index (χ2n) is 6.56. The van der Waals surface area contributed by atoms with Crippen LogP contribution in [-0.2, 0) is 4.74 Å². The number of fused-ring (bicyclic) bond motifs is 1. The molecule has 0 fully saturated rings. The van der Waals surface area contributed by atoms with Gasteiger partial charge < -0.3 is 20.1 Å². The van der Waals surface area contributed by atoms with E-state index in [2.05, 4.69) is 39.3 Å². The molecule has 0 amide bonds. The SMILES string of the molecule is COCC(CC(C)C)Nc1nc(O)c(C=c2ccc3c(c2)C=NN=3)[nH]1. The molecular formula is C18H23N5O2. The summed E-state index contributed by atoms with van der Waals surface area (Å²) in [6, 6.07) is 5.92. The van der Waals surface area contributed by atoms with Crippen molar-refractivity contribution in [3.05, 3.63) is 40.0 Å². The number of benzene rings is 1. The van der Waals surface area contributed by atoms with Gasteiger partial charge in [-0.1, -0.05) is 19.9 Å². The van der Waals surface area contributed by atoms with E-state index >= 15 is 0 Å². The molecule has 0 spiro atoms. The molecule has 7 nitrogen and oxygen atoms in total. The van der Waals surface area contributed by atoms with E-state index in [1.807, 2.05) is 24.3 Å². The molecule has 132 valence electrons. The first-order valence-corrected chi connectivity index (χ1v) is 8.32. The summed E-state index contributed by atoms with van der Waals surface area (Å²) in [5.74, 6) is 1.02. The molecule has 3 N–H and O–H groups in total. The molecule has 1 aromatic heterocycles. The first kappa shape index (κ1) is 17.2. The number of aromatic nitrogens is 2. The van der Waals surface area contributed by atoms with Gasteiger partial charge in [0.25, 0.3) is 0 Å². The Morgan fingerprint density at radius 3 is 2.96 bits per heavy atom. The van der Waals surface area contributed by atoms with Gasteiger partial charge in [-0.15, -0.1) is 0 Å². The Balaban J connectivity index is 1.81. The Kier molecular flexibility index (Phi) is 5.14. The Hall–Kier alpha value is -2.67. The van der Waals surface area contributed by atoms with Gasteiger partial charge in [0.1, 0.15) is 5.69 Å². The summed E-state index contributed by atoms with van der Waals surface area (Å²) < 4.78 is 5.26. The molecule has 7 heteroatoms. The number of ether oxygens (including phenoxy) is 1. The third-order valence-corrected chi connectivity index (χ3v) is 3.90. The lowest BCUT2D eigenvalue weighted by atomic mass is 10.0. The molecule has 0 aliphatic carbocycles.